The van der Waals surface area contributed by atoms with Gasteiger partial charge in [0.05, 0.1) is 11.0 Å². The lowest BCUT2D eigenvalue weighted by atomic mass is 9.78. The lowest BCUT2D eigenvalue weighted by molar-refractivity contribution is -0.384. The first kappa shape index (κ1) is 19.1. The van der Waals surface area contributed by atoms with E-state index in [0.29, 0.717) is 35.1 Å². The molecular weight excluding hydrogens is 346 g/mol. The van der Waals surface area contributed by atoms with Crippen LogP contribution in [-0.4, -0.2) is 16.7 Å². The van der Waals surface area contributed by atoms with Gasteiger partial charge in [-0.25, -0.2) is 4.79 Å². The van der Waals surface area contributed by atoms with E-state index in [1.54, 1.807) is 19.1 Å². The molecule has 3 rings (SSSR count). The van der Waals surface area contributed by atoms with Crippen molar-refractivity contribution in [2.45, 2.75) is 52.0 Å². The number of nitrogens with one attached hydrogen (secondary N) is 2. The Balaban J connectivity index is 1.85. The van der Waals surface area contributed by atoms with Crippen LogP contribution in [-0.2, 0) is 4.79 Å². The van der Waals surface area contributed by atoms with Crippen LogP contribution in [0.3, 0.4) is 0 Å². The predicted molar refractivity (Wildman–Crippen MR) is 101 cm³/mol. The Hall–Kier alpha value is -2.70. The number of urea groups is 1. The third-order valence-electron chi connectivity index (χ3n) is 5.53. The molecule has 1 fully saturated rings. The number of Topliss-reactive ketones (excluding diaryl/α,β-unsaturated/α-hetero) is 1. The number of carbonyl (C=O) groups excluding carboxylic acids is 2. The zero-order valence-electron chi connectivity index (χ0n) is 15.7. The fraction of sp³-hybridized carbons (Fsp3) is 0.500. The molecule has 144 valence electrons. The molecule has 2 aliphatic rings. The van der Waals surface area contributed by atoms with Crippen LogP contribution in [0.4, 0.5) is 10.5 Å². The Labute approximate surface area is 158 Å². The molecule has 0 spiro atoms. The van der Waals surface area contributed by atoms with Gasteiger partial charge in [-0.3, -0.25) is 14.9 Å². The molecule has 0 bridgehead atoms. The maximum atomic E-state index is 13.1. The summed E-state index contributed by atoms with van der Waals surface area (Å²) in [5.74, 6) is 1.04. The van der Waals surface area contributed by atoms with Crippen molar-refractivity contribution >= 4 is 17.5 Å². The van der Waals surface area contributed by atoms with Crippen LogP contribution >= 0.6 is 0 Å². The second-order valence-corrected chi connectivity index (χ2v) is 7.68. The molecule has 0 saturated heterocycles. The standard InChI is InChI=1S/C20H25N3O4/c1-12-4-3-5-14(10-12)11-17(24)18-13(2)21-20(25)22-19(18)15-6-8-16(9-7-15)23(26)27/h6-9,12,14,19H,3-5,10-11H2,1-2H3,(H2,21,22,25)/t12-,14-,19-/m1/s1. The van der Waals surface area contributed by atoms with Gasteiger partial charge in [0.1, 0.15) is 0 Å². The number of benzene rings is 1. The number of nitro benzene ring substituents is 1. The first-order valence-corrected chi connectivity index (χ1v) is 9.41. The Morgan fingerprint density at radius 3 is 2.59 bits per heavy atom. The number of nitrogens with zero attached hydrogens (tertiary/aromatic N) is 1. The number of carbonyl (C=O) groups is 2. The van der Waals surface area contributed by atoms with E-state index in [-0.39, 0.29) is 17.5 Å². The van der Waals surface area contributed by atoms with Crippen molar-refractivity contribution in [2.75, 3.05) is 0 Å². The minimum Gasteiger partial charge on any atom is -0.327 e. The Morgan fingerprint density at radius 2 is 1.96 bits per heavy atom. The first-order chi connectivity index (χ1) is 12.8. The monoisotopic (exact) mass is 371 g/mol. The van der Waals surface area contributed by atoms with Crippen LogP contribution in [0.25, 0.3) is 0 Å². The van der Waals surface area contributed by atoms with Crippen molar-refractivity contribution in [3.8, 4) is 0 Å². The molecule has 7 heteroatoms. The van der Waals surface area contributed by atoms with Crippen LogP contribution in [0.2, 0.25) is 0 Å². The number of rotatable bonds is 5. The highest BCUT2D eigenvalue weighted by Crippen LogP contribution is 2.34. The number of non-ortho nitro benzene ring substituents is 1. The highest BCUT2D eigenvalue weighted by atomic mass is 16.6. The minimum absolute atomic E-state index is 0.0243. The number of amides is 2. The van der Waals surface area contributed by atoms with Gasteiger partial charge < -0.3 is 10.6 Å². The van der Waals surface area contributed by atoms with E-state index >= 15 is 0 Å². The van der Waals surface area contributed by atoms with Crippen molar-refractivity contribution in [1.82, 2.24) is 10.6 Å². The van der Waals surface area contributed by atoms with Crippen LogP contribution in [0.5, 0.6) is 0 Å². The highest BCUT2D eigenvalue weighted by molar-refractivity contribution is 6.00. The summed E-state index contributed by atoms with van der Waals surface area (Å²) in [5, 5.41) is 16.4. The normalized spacial score (nSPS) is 25.6. The highest BCUT2D eigenvalue weighted by Gasteiger charge is 2.33. The van der Waals surface area contributed by atoms with Gasteiger partial charge in [-0.2, -0.15) is 0 Å². The van der Waals surface area contributed by atoms with E-state index in [2.05, 4.69) is 17.6 Å². The molecule has 7 nitrogen and oxygen atoms in total. The molecule has 2 amide bonds. The third kappa shape index (κ3) is 4.35. The van der Waals surface area contributed by atoms with Gasteiger partial charge in [0.15, 0.2) is 5.78 Å². The first-order valence-electron chi connectivity index (χ1n) is 9.41. The largest absolute Gasteiger partial charge is 0.327 e. The number of nitro groups is 1. The molecule has 1 aliphatic carbocycles. The molecule has 1 saturated carbocycles. The van der Waals surface area contributed by atoms with E-state index in [1.165, 1.54) is 18.6 Å². The van der Waals surface area contributed by atoms with Crippen LogP contribution in [0.15, 0.2) is 35.5 Å². The summed E-state index contributed by atoms with van der Waals surface area (Å²) in [4.78, 5) is 35.5. The summed E-state index contributed by atoms with van der Waals surface area (Å²) in [7, 11) is 0. The maximum Gasteiger partial charge on any atom is 0.319 e. The topological polar surface area (TPSA) is 101 Å². The molecule has 0 unspecified atom stereocenters. The average Bonchev–Trinajstić information content (AvgIpc) is 2.61. The number of hydrogen-bond donors (Lipinski definition) is 2. The lowest BCUT2D eigenvalue weighted by Gasteiger charge is -2.31. The van der Waals surface area contributed by atoms with Crippen LogP contribution < -0.4 is 10.6 Å². The molecule has 3 atom stereocenters. The fourth-order valence-electron chi connectivity index (χ4n) is 4.22. The van der Waals surface area contributed by atoms with E-state index < -0.39 is 11.0 Å². The molecule has 2 N–H and O–H groups in total. The number of allylic oxidation sites excluding steroid dienone is 1. The summed E-state index contributed by atoms with van der Waals surface area (Å²) in [5.41, 5.74) is 1.73. The molecule has 1 aromatic rings. The van der Waals surface area contributed by atoms with Gasteiger partial charge in [-0.1, -0.05) is 19.8 Å². The summed E-state index contributed by atoms with van der Waals surface area (Å²) in [6, 6.07) is 5.01. The van der Waals surface area contributed by atoms with Crippen LogP contribution in [0.1, 0.15) is 57.6 Å². The van der Waals surface area contributed by atoms with Crippen molar-refractivity contribution < 1.29 is 14.5 Å². The number of hydrogen-bond acceptors (Lipinski definition) is 4. The summed E-state index contributed by atoms with van der Waals surface area (Å²) < 4.78 is 0. The molecule has 0 aromatic heterocycles. The zero-order valence-corrected chi connectivity index (χ0v) is 15.7. The lowest BCUT2D eigenvalue weighted by Crippen LogP contribution is -2.45. The van der Waals surface area contributed by atoms with Gasteiger partial charge in [-0.05, 0) is 49.3 Å². The van der Waals surface area contributed by atoms with Gasteiger partial charge in [-0.15, -0.1) is 0 Å². The van der Waals surface area contributed by atoms with Gasteiger partial charge in [0.2, 0.25) is 0 Å². The van der Waals surface area contributed by atoms with Crippen LogP contribution in [0, 0.1) is 22.0 Å². The molecule has 1 aliphatic heterocycles. The second-order valence-electron chi connectivity index (χ2n) is 7.68. The van der Waals surface area contributed by atoms with E-state index in [1.807, 2.05) is 0 Å². The smallest absolute Gasteiger partial charge is 0.319 e. The summed E-state index contributed by atoms with van der Waals surface area (Å²) in [6.07, 6.45) is 4.95. The molecular formula is C20H25N3O4. The summed E-state index contributed by atoms with van der Waals surface area (Å²) >= 11 is 0. The number of ketones is 1. The van der Waals surface area contributed by atoms with Gasteiger partial charge in [0, 0.05) is 29.8 Å². The van der Waals surface area contributed by atoms with Crippen molar-refractivity contribution in [3.63, 3.8) is 0 Å². The Morgan fingerprint density at radius 1 is 1.26 bits per heavy atom. The molecule has 27 heavy (non-hydrogen) atoms. The van der Waals surface area contributed by atoms with E-state index in [4.69, 9.17) is 0 Å². The Kier molecular flexibility index (Phi) is 5.58. The average molecular weight is 371 g/mol. The molecule has 1 heterocycles. The summed E-state index contributed by atoms with van der Waals surface area (Å²) in [6.45, 7) is 3.96. The molecule has 1 aromatic carbocycles. The van der Waals surface area contributed by atoms with E-state index in [0.717, 1.165) is 19.3 Å². The maximum absolute atomic E-state index is 13.1. The Bertz CT molecular complexity index is 785. The SMILES string of the molecule is CC1=C(C(=O)C[C@@H]2CCC[C@@H](C)C2)[C@@H](c2ccc([N+](=O)[O-])cc2)NC(=O)N1. The minimum atomic E-state index is -0.590. The zero-order chi connectivity index (χ0) is 19.6. The van der Waals surface area contributed by atoms with Gasteiger partial charge in [0.25, 0.3) is 5.69 Å². The van der Waals surface area contributed by atoms with Crippen molar-refractivity contribution in [2.24, 2.45) is 11.8 Å². The third-order valence-corrected chi connectivity index (χ3v) is 5.53. The van der Waals surface area contributed by atoms with Gasteiger partial charge >= 0.3 is 6.03 Å². The quantitative estimate of drug-likeness (QED) is 0.603. The van der Waals surface area contributed by atoms with Crippen molar-refractivity contribution in [3.05, 3.63) is 51.2 Å². The van der Waals surface area contributed by atoms with E-state index in [9.17, 15) is 19.7 Å². The fourth-order valence-corrected chi connectivity index (χ4v) is 4.22. The molecule has 0 radical (unpaired) electrons. The second kappa shape index (κ2) is 7.90. The van der Waals surface area contributed by atoms with Crippen molar-refractivity contribution in [1.29, 1.82) is 0 Å². The predicted octanol–water partition coefficient (Wildman–Crippen LogP) is 4.01.